The van der Waals surface area contributed by atoms with Crippen LogP contribution >= 0.6 is 0 Å². The number of nitrogens with zero attached hydrogens (tertiary/aromatic N) is 2. The Morgan fingerprint density at radius 2 is 1.95 bits per heavy atom. The molecule has 2 rings (SSSR count). The number of hydrogen-bond acceptors (Lipinski definition) is 3. The molecule has 0 heterocycles. The Morgan fingerprint density at radius 3 is 2.65 bits per heavy atom. The van der Waals surface area contributed by atoms with Crippen LogP contribution in [0.4, 0.5) is 0 Å². The van der Waals surface area contributed by atoms with Gasteiger partial charge < -0.3 is 4.84 Å². The molecular weight excluding hydrogens is 248 g/mol. The number of nitriles is 1. The van der Waals surface area contributed by atoms with Crippen molar-refractivity contribution in [2.24, 2.45) is 5.16 Å². The molecule has 0 atom stereocenters. The average Bonchev–Trinajstić information content (AvgIpc) is 2.52. The summed E-state index contributed by atoms with van der Waals surface area (Å²) >= 11 is 0. The van der Waals surface area contributed by atoms with Gasteiger partial charge in [-0.05, 0) is 34.9 Å². The zero-order chi connectivity index (χ0) is 14.2. The molecule has 98 valence electrons. The van der Waals surface area contributed by atoms with Crippen molar-refractivity contribution in [3.8, 4) is 6.07 Å². The third-order valence-corrected chi connectivity index (χ3v) is 2.73. The van der Waals surface area contributed by atoms with Crippen molar-refractivity contribution in [1.82, 2.24) is 0 Å². The van der Waals surface area contributed by atoms with E-state index in [-0.39, 0.29) is 0 Å². The summed E-state index contributed by atoms with van der Waals surface area (Å²) < 4.78 is 0. The second kappa shape index (κ2) is 6.91. The fourth-order valence-corrected chi connectivity index (χ4v) is 1.66. The highest BCUT2D eigenvalue weighted by atomic mass is 16.6. The lowest BCUT2D eigenvalue weighted by atomic mass is 10.1. The highest BCUT2D eigenvalue weighted by molar-refractivity contribution is 5.79. The smallest absolute Gasteiger partial charge is 0.142 e. The molecule has 0 radical (unpaired) electrons. The first-order valence-electron chi connectivity index (χ1n) is 6.18. The van der Waals surface area contributed by atoms with Crippen LogP contribution in [0.1, 0.15) is 22.3 Å². The Labute approximate surface area is 118 Å². The first kappa shape index (κ1) is 13.6. The molecule has 0 aliphatic rings. The molecular formula is C17H14N2O. The minimum atomic E-state index is 0.411. The molecule has 3 nitrogen and oxygen atoms in total. The molecule has 0 spiro atoms. The maximum atomic E-state index is 8.70. The summed E-state index contributed by atoms with van der Waals surface area (Å²) in [6, 6.07) is 17.1. The maximum Gasteiger partial charge on any atom is 0.142 e. The van der Waals surface area contributed by atoms with Gasteiger partial charge in [-0.15, -0.1) is 0 Å². The summed E-state index contributed by atoms with van der Waals surface area (Å²) in [6.07, 6.45) is 3.42. The Balaban J connectivity index is 1.89. The van der Waals surface area contributed by atoms with Gasteiger partial charge in [-0.1, -0.05) is 48.1 Å². The van der Waals surface area contributed by atoms with Gasteiger partial charge in [0.1, 0.15) is 6.61 Å². The van der Waals surface area contributed by atoms with Crippen molar-refractivity contribution < 1.29 is 4.84 Å². The zero-order valence-corrected chi connectivity index (χ0v) is 11.0. The van der Waals surface area contributed by atoms with Crippen LogP contribution in [0.25, 0.3) is 6.08 Å². The van der Waals surface area contributed by atoms with Crippen molar-refractivity contribution >= 4 is 12.3 Å². The molecule has 0 aliphatic heterocycles. The Hall–Kier alpha value is -2.86. The molecule has 0 unspecified atom stereocenters. The third kappa shape index (κ3) is 3.82. The number of hydrogen-bond donors (Lipinski definition) is 0. The van der Waals surface area contributed by atoms with Crippen LogP contribution in [0.3, 0.4) is 0 Å². The normalized spacial score (nSPS) is 10.2. The van der Waals surface area contributed by atoms with E-state index in [0.29, 0.717) is 12.2 Å². The lowest BCUT2D eigenvalue weighted by molar-refractivity contribution is 0.132. The van der Waals surface area contributed by atoms with E-state index in [1.54, 1.807) is 24.4 Å². The summed E-state index contributed by atoms with van der Waals surface area (Å²) in [5.41, 5.74) is 3.62. The standard InChI is InChI=1S/C17H14N2O/c1-2-14-4-3-5-17(10-14)13-20-19-12-16-8-6-15(11-18)7-9-16/h2-10,12H,1,13H2. The Kier molecular flexibility index (Phi) is 4.69. The Morgan fingerprint density at radius 1 is 1.15 bits per heavy atom. The fraction of sp³-hybridized carbons (Fsp3) is 0.0588. The van der Waals surface area contributed by atoms with E-state index in [2.05, 4.69) is 17.8 Å². The molecule has 2 aromatic rings. The first-order chi connectivity index (χ1) is 9.81. The summed E-state index contributed by atoms with van der Waals surface area (Å²) in [5, 5.41) is 12.6. The number of rotatable bonds is 5. The van der Waals surface area contributed by atoms with Crippen molar-refractivity contribution in [3.05, 3.63) is 77.4 Å². The predicted molar refractivity (Wildman–Crippen MR) is 80.1 cm³/mol. The maximum absolute atomic E-state index is 8.70. The lowest BCUT2D eigenvalue weighted by Gasteiger charge is -2.01. The van der Waals surface area contributed by atoms with Crippen LogP contribution in [0, 0.1) is 11.3 Å². The summed E-state index contributed by atoms with van der Waals surface area (Å²) in [7, 11) is 0. The van der Waals surface area contributed by atoms with E-state index >= 15 is 0 Å². The van der Waals surface area contributed by atoms with Gasteiger partial charge in [0.05, 0.1) is 17.8 Å². The fourth-order valence-electron chi connectivity index (χ4n) is 1.66. The van der Waals surface area contributed by atoms with Gasteiger partial charge in [-0.25, -0.2) is 0 Å². The summed E-state index contributed by atoms with van der Waals surface area (Å²) in [4.78, 5) is 5.25. The van der Waals surface area contributed by atoms with Crippen molar-refractivity contribution in [3.63, 3.8) is 0 Å². The molecule has 0 aromatic heterocycles. The van der Waals surface area contributed by atoms with Crippen LogP contribution in [0.2, 0.25) is 0 Å². The number of benzene rings is 2. The van der Waals surface area contributed by atoms with Gasteiger partial charge in [-0.3, -0.25) is 0 Å². The minimum Gasteiger partial charge on any atom is -0.391 e. The molecule has 0 aliphatic carbocycles. The molecule has 3 heteroatoms. The highest BCUT2D eigenvalue weighted by Gasteiger charge is 1.94. The molecule has 0 saturated heterocycles. The third-order valence-electron chi connectivity index (χ3n) is 2.73. The van der Waals surface area contributed by atoms with Gasteiger partial charge in [0.25, 0.3) is 0 Å². The van der Waals surface area contributed by atoms with E-state index in [4.69, 9.17) is 10.1 Å². The second-order valence-corrected chi connectivity index (χ2v) is 4.19. The SMILES string of the molecule is C=Cc1cccc(CON=Cc2ccc(C#N)cc2)c1. The van der Waals surface area contributed by atoms with Crippen LogP contribution in [-0.2, 0) is 11.4 Å². The van der Waals surface area contributed by atoms with Crippen LogP contribution in [0.5, 0.6) is 0 Å². The highest BCUT2D eigenvalue weighted by Crippen LogP contribution is 2.08. The molecule has 0 N–H and O–H groups in total. The van der Waals surface area contributed by atoms with Crippen molar-refractivity contribution in [1.29, 1.82) is 5.26 Å². The predicted octanol–water partition coefficient (Wildman–Crippen LogP) is 3.75. The van der Waals surface area contributed by atoms with Crippen LogP contribution in [0.15, 0.2) is 60.3 Å². The van der Waals surface area contributed by atoms with E-state index < -0.39 is 0 Å². The summed E-state index contributed by atoms with van der Waals surface area (Å²) in [6.45, 7) is 4.14. The van der Waals surface area contributed by atoms with E-state index in [1.165, 1.54) is 0 Å². The van der Waals surface area contributed by atoms with Gasteiger partial charge >= 0.3 is 0 Å². The second-order valence-electron chi connectivity index (χ2n) is 4.19. The topological polar surface area (TPSA) is 45.4 Å². The van der Waals surface area contributed by atoms with Crippen LogP contribution in [-0.4, -0.2) is 6.21 Å². The van der Waals surface area contributed by atoms with E-state index in [9.17, 15) is 0 Å². The molecule has 2 aromatic carbocycles. The molecule has 0 fully saturated rings. The minimum absolute atomic E-state index is 0.411. The Bertz CT molecular complexity index is 651. The average molecular weight is 262 g/mol. The van der Waals surface area contributed by atoms with Crippen molar-refractivity contribution in [2.75, 3.05) is 0 Å². The van der Waals surface area contributed by atoms with Gasteiger partial charge in [-0.2, -0.15) is 5.26 Å². The summed E-state index contributed by atoms with van der Waals surface area (Å²) in [5.74, 6) is 0. The quantitative estimate of drug-likeness (QED) is 0.608. The zero-order valence-electron chi connectivity index (χ0n) is 11.0. The van der Waals surface area contributed by atoms with E-state index in [1.807, 2.05) is 36.4 Å². The van der Waals surface area contributed by atoms with Gasteiger partial charge in [0.15, 0.2) is 0 Å². The van der Waals surface area contributed by atoms with Crippen LogP contribution < -0.4 is 0 Å². The largest absolute Gasteiger partial charge is 0.391 e. The lowest BCUT2D eigenvalue weighted by Crippen LogP contribution is -1.89. The first-order valence-corrected chi connectivity index (χ1v) is 6.18. The monoisotopic (exact) mass is 262 g/mol. The van der Waals surface area contributed by atoms with Gasteiger partial charge in [0, 0.05) is 0 Å². The molecule has 0 bridgehead atoms. The molecule has 20 heavy (non-hydrogen) atoms. The van der Waals surface area contributed by atoms with Crippen molar-refractivity contribution in [2.45, 2.75) is 6.61 Å². The number of oxime groups is 1. The van der Waals surface area contributed by atoms with E-state index in [0.717, 1.165) is 16.7 Å². The van der Waals surface area contributed by atoms with Gasteiger partial charge in [0.2, 0.25) is 0 Å². The molecule has 0 saturated carbocycles. The molecule has 0 amide bonds.